The van der Waals surface area contributed by atoms with E-state index in [0.29, 0.717) is 5.56 Å². The fourth-order valence-electron chi connectivity index (χ4n) is 6.27. The predicted molar refractivity (Wildman–Crippen MR) is 164 cm³/mol. The summed E-state index contributed by atoms with van der Waals surface area (Å²) in [6.07, 6.45) is -0.774. The molecule has 3 heterocycles. The Morgan fingerprint density at radius 1 is 1.21 bits per heavy atom. The minimum absolute atomic E-state index is 0.0112. The van der Waals surface area contributed by atoms with E-state index in [9.17, 15) is 23.9 Å². The molecule has 2 N–H and O–H groups in total. The first-order valence-electron chi connectivity index (χ1n) is 14.7. The standard InChI is InChI=1S/C33H39FN4O4S/c1-18(2)28(38-15-22-8-7-9-25(34)27(22)31(38)41)32(42)37-16-23(39)13-26(37)30(40)35-14-21-11-10-20(12-24(21)33(4,5)6)29-19(3)36-17-43-29/h7-12,17-18,23,26,28,39H,13-16H2,1-6H3,(H,35,40). The molecule has 43 heavy (non-hydrogen) atoms. The van der Waals surface area contributed by atoms with E-state index < -0.39 is 35.8 Å². The van der Waals surface area contributed by atoms with Crippen LogP contribution in [0.4, 0.5) is 4.39 Å². The first-order valence-corrected chi connectivity index (χ1v) is 15.5. The zero-order valence-electron chi connectivity index (χ0n) is 25.5. The Kier molecular flexibility index (Phi) is 8.46. The number of nitrogens with zero attached hydrogens (tertiary/aromatic N) is 3. The number of aryl methyl sites for hydroxylation is 1. The van der Waals surface area contributed by atoms with Crippen LogP contribution in [-0.4, -0.2) is 62.3 Å². The molecule has 1 saturated heterocycles. The molecule has 0 aliphatic carbocycles. The number of aliphatic hydroxyl groups is 1. The Morgan fingerprint density at radius 3 is 2.58 bits per heavy atom. The van der Waals surface area contributed by atoms with Crippen LogP contribution in [0.3, 0.4) is 0 Å². The lowest BCUT2D eigenvalue weighted by Crippen LogP contribution is -2.55. The molecular weight excluding hydrogens is 567 g/mol. The van der Waals surface area contributed by atoms with Crippen molar-refractivity contribution in [3.05, 3.63) is 75.7 Å². The zero-order valence-corrected chi connectivity index (χ0v) is 26.3. The fraction of sp³-hybridized carbons (Fsp3) is 0.455. The molecule has 1 aromatic heterocycles. The number of rotatable bonds is 7. The fourth-order valence-corrected chi connectivity index (χ4v) is 7.07. The third kappa shape index (κ3) is 5.95. The van der Waals surface area contributed by atoms with Gasteiger partial charge in [0, 0.05) is 26.1 Å². The first-order chi connectivity index (χ1) is 20.3. The summed E-state index contributed by atoms with van der Waals surface area (Å²) in [6, 6.07) is 8.88. The zero-order chi connectivity index (χ0) is 31.2. The summed E-state index contributed by atoms with van der Waals surface area (Å²) in [5.74, 6) is -2.24. The van der Waals surface area contributed by atoms with Gasteiger partial charge in [-0.1, -0.05) is 58.9 Å². The van der Waals surface area contributed by atoms with Crippen LogP contribution >= 0.6 is 11.3 Å². The number of likely N-dealkylation sites (tertiary alicyclic amines) is 1. The van der Waals surface area contributed by atoms with Crippen LogP contribution in [0.1, 0.15) is 73.8 Å². The molecule has 3 atom stereocenters. The van der Waals surface area contributed by atoms with Gasteiger partial charge in [-0.15, -0.1) is 11.3 Å². The summed E-state index contributed by atoms with van der Waals surface area (Å²) in [6.45, 7) is 12.4. The molecule has 0 radical (unpaired) electrons. The number of β-amino-alcohol motifs (C(OH)–C–C–N with tert-alkyl or cyclic N) is 1. The number of carbonyl (C=O) groups is 3. The van der Waals surface area contributed by atoms with E-state index in [0.717, 1.165) is 27.3 Å². The topological polar surface area (TPSA) is 103 Å². The SMILES string of the molecule is Cc1ncsc1-c1ccc(CNC(=O)C2CC(O)CN2C(=O)C(C(C)C)N2Cc3cccc(F)c3C2=O)c(C(C)(C)C)c1. The van der Waals surface area contributed by atoms with Gasteiger partial charge in [-0.3, -0.25) is 14.4 Å². The summed E-state index contributed by atoms with van der Waals surface area (Å²) in [5.41, 5.74) is 6.27. The van der Waals surface area contributed by atoms with Gasteiger partial charge in [0.05, 0.1) is 27.7 Å². The number of thiazole rings is 1. The van der Waals surface area contributed by atoms with Crippen molar-refractivity contribution in [2.75, 3.05) is 6.54 Å². The molecule has 2 aromatic carbocycles. The predicted octanol–water partition coefficient (Wildman–Crippen LogP) is 4.81. The average Bonchev–Trinajstić information content (AvgIpc) is 3.64. The number of aromatic nitrogens is 1. The van der Waals surface area contributed by atoms with Crippen LogP contribution in [0.25, 0.3) is 10.4 Å². The van der Waals surface area contributed by atoms with Crippen LogP contribution in [0.15, 0.2) is 41.9 Å². The molecule has 5 rings (SSSR count). The van der Waals surface area contributed by atoms with E-state index in [-0.39, 0.29) is 48.9 Å². The molecule has 2 aliphatic rings. The van der Waals surface area contributed by atoms with Crippen molar-refractivity contribution in [1.29, 1.82) is 0 Å². The summed E-state index contributed by atoms with van der Waals surface area (Å²) >= 11 is 1.59. The second-order valence-corrected chi connectivity index (χ2v) is 13.8. The maximum Gasteiger partial charge on any atom is 0.258 e. The third-order valence-electron chi connectivity index (χ3n) is 8.38. The largest absolute Gasteiger partial charge is 0.391 e. The van der Waals surface area contributed by atoms with Gasteiger partial charge in [-0.25, -0.2) is 9.37 Å². The van der Waals surface area contributed by atoms with Crippen molar-refractivity contribution in [2.45, 2.75) is 84.7 Å². The summed E-state index contributed by atoms with van der Waals surface area (Å²) in [7, 11) is 0. The maximum absolute atomic E-state index is 14.5. The molecular formula is C33H39FN4O4S. The van der Waals surface area contributed by atoms with Crippen LogP contribution < -0.4 is 5.32 Å². The van der Waals surface area contributed by atoms with E-state index >= 15 is 0 Å². The maximum atomic E-state index is 14.5. The van der Waals surface area contributed by atoms with Gasteiger partial charge < -0.3 is 20.2 Å². The summed E-state index contributed by atoms with van der Waals surface area (Å²) in [4.78, 5) is 49.1. The average molecular weight is 607 g/mol. The van der Waals surface area contributed by atoms with Gasteiger partial charge in [0.25, 0.3) is 5.91 Å². The molecule has 0 spiro atoms. The quantitative estimate of drug-likeness (QED) is 0.402. The number of benzene rings is 2. The van der Waals surface area contributed by atoms with Crippen molar-refractivity contribution >= 4 is 29.1 Å². The van der Waals surface area contributed by atoms with Gasteiger partial charge in [-0.05, 0) is 52.6 Å². The highest BCUT2D eigenvalue weighted by Crippen LogP contribution is 2.34. The normalized spacial score (nSPS) is 19.2. The highest BCUT2D eigenvalue weighted by atomic mass is 32.1. The van der Waals surface area contributed by atoms with Crippen LogP contribution in [0.2, 0.25) is 0 Å². The Balaban J connectivity index is 1.35. The molecule has 3 aromatic rings. The number of hydrogen-bond acceptors (Lipinski definition) is 6. The molecule has 8 nitrogen and oxygen atoms in total. The van der Waals surface area contributed by atoms with Crippen LogP contribution in [0, 0.1) is 18.7 Å². The van der Waals surface area contributed by atoms with Crippen LogP contribution in [0.5, 0.6) is 0 Å². The van der Waals surface area contributed by atoms with Crippen molar-refractivity contribution in [3.8, 4) is 10.4 Å². The number of fused-ring (bicyclic) bond motifs is 1. The lowest BCUT2D eigenvalue weighted by atomic mass is 9.82. The number of nitrogens with one attached hydrogen (secondary N) is 1. The van der Waals surface area contributed by atoms with Crippen LogP contribution in [-0.2, 0) is 28.1 Å². The second kappa shape index (κ2) is 11.8. The highest BCUT2D eigenvalue weighted by molar-refractivity contribution is 7.13. The minimum Gasteiger partial charge on any atom is -0.391 e. The van der Waals surface area contributed by atoms with Crippen molar-refractivity contribution in [2.24, 2.45) is 5.92 Å². The smallest absolute Gasteiger partial charge is 0.258 e. The summed E-state index contributed by atoms with van der Waals surface area (Å²) < 4.78 is 14.5. The molecule has 228 valence electrons. The minimum atomic E-state index is -0.907. The molecule has 3 amide bonds. The van der Waals surface area contributed by atoms with Crippen molar-refractivity contribution < 1.29 is 23.9 Å². The van der Waals surface area contributed by atoms with E-state index in [4.69, 9.17) is 0 Å². The Morgan fingerprint density at radius 2 is 1.95 bits per heavy atom. The van der Waals surface area contributed by atoms with E-state index in [1.807, 2.05) is 38.4 Å². The lowest BCUT2D eigenvalue weighted by Gasteiger charge is -2.35. The van der Waals surface area contributed by atoms with Gasteiger partial charge in [0.1, 0.15) is 17.9 Å². The van der Waals surface area contributed by atoms with Crippen molar-refractivity contribution in [1.82, 2.24) is 20.1 Å². The number of amides is 3. The Labute approximate surface area is 255 Å². The molecule has 1 fully saturated rings. The van der Waals surface area contributed by atoms with Gasteiger partial charge in [-0.2, -0.15) is 0 Å². The monoisotopic (exact) mass is 606 g/mol. The molecule has 2 aliphatic heterocycles. The number of halogens is 1. The second-order valence-electron chi connectivity index (χ2n) is 12.9. The molecule has 0 saturated carbocycles. The molecule has 0 bridgehead atoms. The van der Waals surface area contributed by atoms with E-state index in [1.165, 1.54) is 15.9 Å². The number of hydrogen-bond donors (Lipinski definition) is 2. The highest BCUT2D eigenvalue weighted by Gasteiger charge is 2.46. The molecule has 10 heteroatoms. The molecule has 3 unspecified atom stereocenters. The van der Waals surface area contributed by atoms with E-state index in [2.05, 4.69) is 37.1 Å². The Hall–Kier alpha value is -3.63. The van der Waals surface area contributed by atoms with Gasteiger partial charge >= 0.3 is 0 Å². The lowest BCUT2D eigenvalue weighted by molar-refractivity contribution is -0.143. The third-order valence-corrected chi connectivity index (χ3v) is 9.36. The van der Waals surface area contributed by atoms with Gasteiger partial charge in [0.15, 0.2) is 0 Å². The first kappa shape index (κ1) is 30.8. The van der Waals surface area contributed by atoms with Crippen molar-refractivity contribution in [3.63, 3.8) is 0 Å². The Bertz CT molecular complexity index is 1560. The number of carbonyl (C=O) groups excluding carboxylic acids is 3. The van der Waals surface area contributed by atoms with Gasteiger partial charge in [0.2, 0.25) is 11.8 Å². The number of aliphatic hydroxyl groups excluding tert-OH is 1. The summed E-state index contributed by atoms with van der Waals surface area (Å²) in [5, 5.41) is 13.6. The van der Waals surface area contributed by atoms with E-state index in [1.54, 1.807) is 23.5 Å².